The van der Waals surface area contributed by atoms with Crippen molar-refractivity contribution in [1.29, 1.82) is 0 Å². The quantitative estimate of drug-likeness (QED) is 0.629. The van der Waals surface area contributed by atoms with Gasteiger partial charge in [-0.2, -0.15) is 0 Å². The van der Waals surface area contributed by atoms with Gasteiger partial charge in [0.05, 0.1) is 10.2 Å². The summed E-state index contributed by atoms with van der Waals surface area (Å²) in [7, 11) is 0. The molecule has 2 heterocycles. The van der Waals surface area contributed by atoms with E-state index in [9.17, 15) is 4.79 Å². The number of urea groups is 1. The second kappa shape index (κ2) is 7.67. The molecule has 2 amide bonds. The van der Waals surface area contributed by atoms with Crippen LogP contribution in [0.15, 0.2) is 42.5 Å². The van der Waals surface area contributed by atoms with Crippen molar-refractivity contribution in [2.45, 2.75) is 33.1 Å². The molecule has 0 radical (unpaired) electrons. The van der Waals surface area contributed by atoms with Crippen LogP contribution >= 0.6 is 11.3 Å². The van der Waals surface area contributed by atoms with Gasteiger partial charge in [-0.3, -0.25) is 0 Å². The number of nitrogens with one attached hydrogen (secondary N) is 1. The van der Waals surface area contributed by atoms with Crippen LogP contribution in [0.5, 0.6) is 0 Å². The number of aromatic nitrogens is 1. The maximum absolute atomic E-state index is 12.7. The second-order valence-electron chi connectivity index (χ2n) is 8.70. The fraction of sp³-hybridized carbons (Fsp3) is 0.391. The first-order valence-corrected chi connectivity index (χ1v) is 10.9. The average Bonchev–Trinajstić information content (AvgIpc) is 3.11. The Labute approximate surface area is 176 Å². The Bertz CT molecular complexity index is 1010. The number of carbonyl (C=O) groups is 1. The van der Waals surface area contributed by atoms with E-state index >= 15 is 0 Å². The van der Waals surface area contributed by atoms with Crippen LogP contribution in [0.1, 0.15) is 31.9 Å². The van der Waals surface area contributed by atoms with Crippen LogP contribution < -0.4 is 10.2 Å². The van der Waals surface area contributed by atoms with Crippen LogP contribution in [-0.4, -0.2) is 42.1 Å². The number of hydrogen-bond acceptors (Lipinski definition) is 4. The van der Waals surface area contributed by atoms with Gasteiger partial charge in [-0.1, -0.05) is 50.3 Å². The van der Waals surface area contributed by atoms with Gasteiger partial charge >= 0.3 is 6.03 Å². The Morgan fingerprint density at radius 1 is 1.03 bits per heavy atom. The predicted octanol–water partition coefficient (Wildman–Crippen LogP) is 5.26. The van der Waals surface area contributed by atoms with Crippen molar-refractivity contribution < 1.29 is 4.79 Å². The number of piperazine rings is 1. The van der Waals surface area contributed by atoms with Crippen molar-refractivity contribution in [3.63, 3.8) is 0 Å². The minimum absolute atomic E-state index is 0.0342. The third kappa shape index (κ3) is 4.37. The van der Waals surface area contributed by atoms with Gasteiger partial charge in [0.15, 0.2) is 5.13 Å². The Kier molecular flexibility index (Phi) is 5.21. The number of rotatable bonds is 2. The zero-order chi connectivity index (χ0) is 20.6. The Morgan fingerprint density at radius 2 is 1.72 bits per heavy atom. The molecule has 1 fully saturated rings. The number of nitrogens with zero attached hydrogens (tertiary/aromatic N) is 3. The molecule has 152 valence electrons. The molecule has 1 N–H and O–H groups in total. The summed E-state index contributed by atoms with van der Waals surface area (Å²) >= 11 is 1.73. The van der Waals surface area contributed by atoms with Crippen molar-refractivity contribution in [3.05, 3.63) is 53.6 Å². The number of benzene rings is 2. The maximum Gasteiger partial charge on any atom is 0.321 e. The van der Waals surface area contributed by atoms with Gasteiger partial charge in [-0.05, 0) is 47.7 Å². The van der Waals surface area contributed by atoms with Gasteiger partial charge in [0.25, 0.3) is 0 Å². The number of fused-ring (bicyclic) bond motifs is 1. The summed E-state index contributed by atoms with van der Waals surface area (Å²) in [6.07, 6.45) is 0. The molecule has 0 spiro atoms. The van der Waals surface area contributed by atoms with Gasteiger partial charge in [0.2, 0.25) is 0 Å². The van der Waals surface area contributed by atoms with Gasteiger partial charge in [0.1, 0.15) is 0 Å². The summed E-state index contributed by atoms with van der Waals surface area (Å²) in [6.45, 7) is 11.7. The summed E-state index contributed by atoms with van der Waals surface area (Å²) in [6, 6.07) is 14.5. The van der Waals surface area contributed by atoms with Gasteiger partial charge < -0.3 is 15.1 Å². The summed E-state index contributed by atoms with van der Waals surface area (Å²) < 4.78 is 1.22. The molecule has 0 unspecified atom stereocenters. The van der Waals surface area contributed by atoms with E-state index in [0.29, 0.717) is 13.1 Å². The Balaban J connectivity index is 1.35. The molecule has 1 aliphatic heterocycles. The molecule has 0 bridgehead atoms. The molecule has 6 heteroatoms. The largest absolute Gasteiger partial charge is 0.345 e. The van der Waals surface area contributed by atoms with E-state index in [1.807, 2.05) is 17.0 Å². The molecule has 1 saturated heterocycles. The summed E-state index contributed by atoms with van der Waals surface area (Å²) in [5.74, 6) is 0. The van der Waals surface area contributed by atoms with E-state index in [2.05, 4.69) is 68.2 Å². The smallest absolute Gasteiger partial charge is 0.321 e. The number of anilines is 2. The summed E-state index contributed by atoms with van der Waals surface area (Å²) in [5, 5.41) is 4.07. The normalized spacial score (nSPS) is 15.0. The molecule has 0 atom stereocenters. The topological polar surface area (TPSA) is 48.5 Å². The first kappa shape index (κ1) is 19.7. The fourth-order valence-electron chi connectivity index (χ4n) is 3.51. The molecule has 0 aliphatic carbocycles. The minimum atomic E-state index is -0.0342. The van der Waals surface area contributed by atoms with E-state index < -0.39 is 0 Å². The monoisotopic (exact) mass is 408 g/mol. The molecule has 2 aromatic carbocycles. The first-order valence-electron chi connectivity index (χ1n) is 10.1. The molecule has 5 nitrogen and oxygen atoms in total. The zero-order valence-electron chi connectivity index (χ0n) is 17.5. The second-order valence-corrected chi connectivity index (χ2v) is 9.71. The third-order valence-corrected chi connectivity index (χ3v) is 6.45. The average molecular weight is 409 g/mol. The lowest BCUT2D eigenvalue weighted by atomic mass is 9.87. The van der Waals surface area contributed by atoms with Crippen molar-refractivity contribution in [2.75, 3.05) is 36.4 Å². The molecule has 29 heavy (non-hydrogen) atoms. The number of aryl methyl sites for hydroxylation is 1. The Hall–Kier alpha value is -2.60. The highest BCUT2D eigenvalue weighted by atomic mass is 32.1. The fourth-order valence-corrected chi connectivity index (χ4v) is 4.63. The van der Waals surface area contributed by atoms with E-state index in [4.69, 9.17) is 4.98 Å². The summed E-state index contributed by atoms with van der Waals surface area (Å²) in [4.78, 5) is 21.6. The molecule has 1 aromatic heterocycles. The van der Waals surface area contributed by atoms with Crippen molar-refractivity contribution in [3.8, 4) is 0 Å². The summed E-state index contributed by atoms with van der Waals surface area (Å²) in [5.41, 5.74) is 4.51. The molecular weight excluding hydrogens is 380 g/mol. The first-order chi connectivity index (χ1) is 13.8. The van der Waals surface area contributed by atoms with Crippen LogP contribution in [0, 0.1) is 6.92 Å². The van der Waals surface area contributed by atoms with Crippen LogP contribution in [0.3, 0.4) is 0 Å². The highest BCUT2D eigenvalue weighted by Gasteiger charge is 2.23. The van der Waals surface area contributed by atoms with E-state index in [1.165, 1.54) is 15.8 Å². The predicted molar refractivity (Wildman–Crippen MR) is 122 cm³/mol. The van der Waals surface area contributed by atoms with E-state index in [0.717, 1.165) is 29.4 Å². The lowest BCUT2D eigenvalue weighted by Crippen LogP contribution is -2.50. The number of thiazole rings is 1. The minimum Gasteiger partial charge on any atom is -0.345 e. The van der Waals surface area contributed by atoms with Crippen LogP contribution in [0.2, 0.25) is 0 Å². The lowest BCUT2D eigenvalue weighted by Gasteiger charge is -2.34. The number of hydrogen-bond donors (Lipinski definition) is 1. The maximum atomic E-state index is 12.7. The highest BCUT2D eigenvalue weighted by molar-refractivity contribution is 7.22. The van der Waals surface area contributed by atoms with Crippen LogP contribution in [-0.2, 0) is 5.41 Å². The van der Waals surface area contributed by atoms with Crippen molar-refractivity contribution in [1.82, 2.24) is 9.88 Å². The van der Waals surface area contributed by atoms with Crippen LogP contribution in [0.4, 0.5) is 15.6 Å². The van der Waals surface area contributed by atoms with E-state index in [1.54, 1.807) is 11.3 Å². The molecule has 1 aliphatic rings. The number of amides is 2. The lowest BCUT2D eigenvalue weighted by molar-refractivity contribution is 0.208. The van der Waals surface area contributed by atoms with E-state index in [-0.39, 0.29) is 11.4 Å². The number of carbonyl (C=O) groups excluding carboxylic acids is 1. The molecule has 3 aromatic rings. The highest BCUT2D eigenvalue weighted by Crippen LogP contribution is 2.30. The van der Waals surface area contributed by atoms with Gasteiger partial charge in [0, 0.05) is 31.9 Å². The van der Waals surface area contributed by atoms with Gasteiger partial charge in [-0.15, -0.1) is 0 Å². The van der Waals surface area contributed by atoms with Gasteiger partial charge in [-0.25, -0.2) is 9.78 Å². The standard InChI is InChI=1S/C23H28N4OS/c1-16-5-10-19-20(15-16)29-22(25-19)27-13-11-26(12-14-27)21(28)24-18-8-6-17(7-9-18)23(2,3)4/h5-10,15H,11-14H2,1-4H3,(H,24,28). The zero-order valence-corrected chi connectivity index (χ0v) is 18.3. The van der Waals surface area contributed by atoms with Crippen molar-refractivity contribution in [2.24, 2.45) is 0 Å². The molecule has 4 rings (SSSR count). The van der Waals surface area contributed by atoms with Crippen molar-refractivity contribution >= 4 is 38.4 Å². The molecular formula is C23H28N4OS. The SMILES string of the molecule is Cc1ccc2nc(N3CCN(C(=O)Nc4ccc(C(C)(C)C)cc4)CC3)sc2c1. The Morgan fingerprint density at radius 3 is 2.38 bits per heavy atom. The third-order valence-electron chi connectivity index (χ3n) is 5.37. The van der Waals surface area contributed by atoms with Crippen LogP contribution in [0.25, 0.3) is 10.2 Å². The molecule has 0 saturated carbocycles.